The summed E-state index contributed by atoms with van der Waals surface area (Å²) in [6.07, 6.45) is 0.461. The number of hydrogen-bond donors (Lipinski definition) is 2. The zero-order valence-corrected chi connectivity index (χ0v) is 8.39. The first-order valence-corrected chi connectivity index (χ1v) is 4.46. The Bertz CT molecular complexity index is 203. The average molecular weight is 187 g/mol. The number of rotatable bonds is 6. The largest absolute Gasteiger partial charge is 0.480 e. The van der Waals surface area contributed by atoms with Crippen LogP contribution in [0.15, 0.2) is 0 Å². The first kappa shape index (κ1) is 12.1. The van der Waals surface area contributed by atoms with Gasteiger partial charge in [-0.1, -0.05) is 13.8 Å². The highest BCUT2D eigenvalue weighted by Gasteiger charge is 2.36. The van der Waals surface area contributed by atoms with Crippen molar-refractivity contribution in [1.29, 1.82) is 0 Å². The average Bonchev–Trinajstić information content (AvgIpc) is 2.02. The van der Waals surface area contributed by atoms with Crippen molar-refractivity contribution in [1.82, 2.24) is 5.32 Å². The number of likely N-dealkylation sites (N-methyl/N-ethyl adjacent to an activating group) is 1. The second-order valence-corrected chi connectivity index (χ2v) is 3.15. The Hall–Kier alpha value is -0.900. The van der Waals surface area contributed by atoms with Crippen LogP contribution >= 0.6 is 0 Å². The number of ketones is 1. The van der Waals surface area contributed by atoms with E-state index in [-0.39, 0.29) is 12.2 Å². The number of nitrogens with one attached hydrogen (secondary N) is 1. The fourth-order valence-corrected chi connectivity index (χ4v) is 1.38. The number of carbonyl (C=O) groups is 2. The van der Waals surface area contributed by atoms with Crippen LogP contribution in [0.3, 0.4) is 0 Å². The molecule has 1 unspecified atom stereocenters. The Morgan fingerprint density at radius 3 is 2.15 bits per heavy atom. The third kappa shape index (κ3) is 3.14. The van der Waals surface area contributed by atoms with Crippen molar-refractivity contribution >= 4 is 11.8 Å². The normalized spacial score (nSPS) is 15.0. The fourth-order valence-electron chi connectivity index (χ4n) is 1.38. The molecule has 0 spiro atoms. The summed E-state index contributed by atoms with van der Waals surface area (Å²) in [5.74, 6) is -1.06. The smallest absolute Gasteiger partial charge is 0.324 e. The van der Waals surface area contributed by atoms with Crippen LogP contribution in [0.4, 0.5) is 0 Å². The minimum absolute atomic E-state index is 0.0483. The van der Waals surface area contributed by atoms with Crippen molar-refractivity contribution in [3.05, 3.63) is 0 Å². The maximum atomic E-state index is 11.0. The van der Waals surface area contributed by atoms with Crippen LogP contribution in [0.2, 0.25) is 0 Å². The van der Waals surface area contributed by atoms with Gasteiger partial charge in [-0.15, -0.1) is 0 Å². The monoisotopic (exact) mass is 187 g/mol. The van der Waals surface area contributed by atoms with Crippen molar-refractivity contribution in [2.45, 2.75) is 39.2 Å². The molecule has 0 aliphatic rings. The molecule has 0 aliphatic carbocycles. The lowest BCUT2D eigenvalue weighted by atomic mass is 9.90. The highest BCUT2D eigenvalue weighted by atomic mass is 16.4. The molecule has 76 valence electrons. The number of aliphatic carboxylic acids is 1. The summed E-state index contributed by atoms with van der Waals surface area (Å²) in [5, 5.41) is 11.8. The number of carboxylic acid groups (broad SMARTS) is 1. The molecule has 0 aromatic rings. The molecule has 4 heteroatoms. The van der Waals surface area contributed by atoms with E-state index in [1.54, 1.807) is 6.92 Å². The van der Waals surface area contributed by atoms with E-state index in [0.29, 0.717) is 13.0 Å². The van der Waals surface area contributed by atoms with Gasteiger partial charge in [0.2, 0.25) is 0 Å². The van der Waals surface area contributed by atoms with Crippen LogP contribution in [0, 0.1) is 0 Å². The van der Waals surface area contributed by atoms with Gasteiger partial charge in [0.15, 0.2) is 0 Å². The molecule has 0 aromatic carbocycles. The number of carboxylic acids is 1. The third-order valence-electron chi connectivity index (χ3n) is 2.08. The molecule has 4 nitrogen and oxygen atoms in total. The molecule has 13 heavy (non-hydrogen) atoms. The summed E-state index contributed by atoms with van der Waals surface area (Å²) >= 11 is 0. The Morgan fingerprint density at radius 1 is 1.38 bits per heavy atom. The minimum Gasteiger partial charge on any atom is -0.480 e. The summed E-state index contributed by atoms with van der Waals surface area (Å²) in [4.78, 5) is 21.9. The second kappa shape index (κ2) is 4.97. The van der Waals surface area contributed by atoms with E-state index in [4.69, 9.17) is 5.11 Å². The Labute approximate surface area is 78.3 Å². The van der Waals surface area contributed by atoms with Gasteiger partial charge < -0.3 is 10.4 Å². The van der Waals surface area contributed by atoms with Crippen LogP contribution in [0.5, 0.6) is 0 Å². The van der Waals surface area contributed by atoms with Gasteiger partial charge in [0.25, 0.3) is 0 Å². The lowest BCUT2D eigenvalue weighted by molar-refractivity contribution is -0.147. The zero-order valence-electron chi connectivity index (χ0n) is 8.39. The van der Waals surface area contributed by atoms with Gasteiger partial charge in [-0.2, -0.15) is 0 Å². The molecule has 0 radical (unpaired) electrons. The second-order valence-electron chi connectivity index (χ2n) is 3.15. The molecule has 2 N–H and O–H groups in total. The summed E-state index contributed by atoms with van der Waals surface area (Å²) in [5.41, 5.74) is -1.07. The number of Topliss-reactive ketones (excluding diaryl/α,β-unsaturated/α-hetero) is 1. The molecule has 0 fully saturated rings. The van der Waals surface area contributed by atoms with E-state index in [0.717, 1.165) is 0 Å². The van der Waals surface area contributed by atoms with Gasteiger partial charge in [0.05, 0.1) is 0 Å². The number of hydrogen-bond acceptors (Lipinski definition) is 3. The molecular weight excluding hydrogens is 170 g/mol. The standard InChI is InChI=1S/C9H17NO3/c1-4-9(8(12)13,10-5-2)6-7(3)11/h10H,4-6H2,1-3H3,(H,12,13). The lowest BCUT2D eigenvalue weighted by Crippen LogP contribution is -2.52. The van der Waals surface area contributed by atoms with Crippen molar-refractivity contribution in [3.8, 4) is 0 Å². The molecule has 0 aromatic heterocycles. The summed E-state index contributed by atoms with van der Waals surface area (Å²) in [6.45, 7) is 5.55. The van der Waals surface area contributed by atoms with Gasteiger partial charge in [0, 0.05) is 6.42 Å². The summed E-state index contributed by atoms with van der Waals surface area (Å²) in [6, 6.07) is 0. The number of carbonyl (C=O) groups excluding carboxylic acids is 1. The van der Waals surface area contributed by atoms with Gasteiger partial charge in [-0.25, -0.2) is 0 Å². The van der Waals surface area contributed by atoms with Gasteiger partial charge in [-0.05, 0) is 19.9 Å². The van der Waals surface area contributed by atoms with E-state index in [2.05, 4.69) is 5.32 Å². The van der Waals surface area contributed by atoms with Crippen molar-refractivity contribution in [3.63, 3.8) is 0 Å². The van der Waals surface area contributed by atoms with Crippen molar-refractivity contribution in [2.75, 3.05) is 6.54 Å². The fraction of sp³-hybridized carbons (Fsp3) is 0.778. The molecular formula is C9H17NO3. The van der Waals surface area contributed by atoms with Crippen LogP contribution in [-0.2, 0) is 9.59 Å². The van der Waals surface area contributed by atoms with Gasteiger partial charge in [0.1, 0.15) is 11.3 Å². The molecule has 0 rings (SSSR count). The van der Waals surface area contributed by atoms with Crippen LogP contribution in [0.25, 0.3) is 0 Å². The molecule has 1 atom stereocenters. The summed E-state index contributed by atoms with van der Waals surface area (Å²) < 4.78 is 0. The van der Waals surface area contributed by atoms with E-state index in [9.17, 15) is 9.59 Å². The highest BCUT2D eigenvalue weighted by molar-refractivity contribution is 5.87. The SMILES string of the molecule is CCNC(CC)(CC(C)=O)C(=O)O. The van der Waals surface area contributed by atoms with E-state index < -0.39 is 11.5 Å². The molecule has 0 saturated carbocycles. The summed E-state index contributed by atoms with van der Waals surface area (Å²) in [7, 11) is 0. The predicted molar refractivity (Wildman–Crippen MR) is 49.6 cm³/mol. The molecule has 0 amide bonds. The zero-order chi connectivity index (χ0) is 10.5. The maximum Gasteiger partial charge on any atom is 0.324 e. The van der Waals surface area contributed by atoms with Crippen LogP contribution in [-0.4, -0.2) is 28.9 Å². The first-order valence-electron chi connectivity index (χ1n) is 4.46. The van der Waals surface area contributed by atoms with E-state index in [1.165, 1.54) is 6.92 Å². The van der Waals surface area contributed by atoms with Gasteiger partial charge in [-0.3, -0.25) is 9.59 Å². The quantitative estimate of drug-likeness (QED) is 0.645. The van der Waals surface area contributed by atoms with Crippen molar-refractivity contribution < 1.29 is 14.7 Å². The molecule has 0 aliphatic heterocycles. The van der Waals surface area contributed by atoms with Gasteiger partial charge >= 0.3 is 5.97 Å². The van der Waals surface area contributed by atoms with Crippen LogP contribution in [0.1, 0.15) is 33.6 Å². The minimum atomic E-state index is -1.07. The van der Waals surface area contributed by atoms with Crippen molar-refractivity contribution in [2.24, 2.45) is 0 Å². The molecule has 0 saturated heterocycles. The topological polar surface area (TPSA) is 66.4 Å². The highest BCUT2D eigenvalue weighted by Crippen LogP contribution is 2.16. The maximum absolute atomic E-state index is 11.0. The Kier molecular flexibility index (Phi) is 4.62. The van der Waals surface area contributed by atoms with E-state index >= 15 is 0 Å². The Morgan fingerprint density at radius 2 is 1.92 bits per heavy atom. The third-order valence-corrected chi connectivity index (χ3v) is 2.08. The molecule has 0 heterocycles. The first-order chi connectivity index (χ1) is 5.98. The van der Waals surface area contributed by atoms with Crippen LogP contribution < -0.4 is 5.32 Å². The van der Waals surface area contributed by atoms with E-state index in [1.807, 2.05) is 6.92 Å². The predicted octanol–water partition coefficient (Wildman–Crippen LogP) is 0.808. The lowest BCUT2D eigenvalue weighted by Gasteiger charge is -2.27. The molecule has 0 bridgehead atoms. The Balaban J connectivity index is 4.64.